The maximum atomic E-state index is 13.0. The molecule has 0 radical (unpaired) electrons. The van der Waals surface area contributed by atoms with Gasteiger partial charge in [0, 0.05) is 29.2 Å². The van der Waals surface area contributed by atoms with E-state index in [1.807, 2.05) is 54.6 Å². The highest BCUT2D eigenvalue weighted by Crippen LogP contribution is 2.26. The molecule has 0 bridgehead atoms. The van der Waals surface area contributed by atoms with E-state index < -0.39 is 12.1 Å². The van der Waals surface area contributed by atoms with E-state index in [1.165, 1.54) is 0 Å². The molecule has 5 heteroatoms. The third kappa shape index (κ3) is 3.08. The summed E-state index contributed by atoms with van der Waals surface area (Å²) < 4.78 is 5.42. The highest BCUT2D eigenvalue weighted by Gasteiger charge is 2.36. The maximum absolute atomic E-state index is 13.0. The first-order valence-electron chi connectivity index (χ1n) is 8.81. The van der Waals surface area contributed by atoms with Gasteiger partial charge in [-0.1, -0.05) is 48.5 Å². The Bertz CT molecular complexity index is 933. The van der Waals surface area contributed by atoms with Gasteiger partial charge in [-0.25, -0.2) is 4.79 Å². The number of carbonyl (C=O) groups excluding carboxylic acids is 2. The second kappa shape index (κ2) is 7.04. The zero-order valence-electron chi connectivity index (χ0n) is 14.4. The lowest BCUT2D eigenvalue weighted by atomic mass is 10.0. The number of likely N-dealkylation sites (tertiary alicyclic amines) is 1. The van der Waals surface area contributed by atoms with Crippen molar-refractivity contribution in [2.45, 2.75) is 25.5 Å². The standard InChI is InChI=1S/C21H20N2O3/c24-20(17-13-22-18-10-5-4-9-16(17)18)19-11-6-12-23(19)21(25)26-14-15-7-2-1-3-8-15/h1-5,7-10,13,19,22H,6,11-12,14H2. The number of amides is 1. The summed E-state index contributed by atoms with van der Waals surface area (Å²) in [6, 6.07) is 16.8. The van der Waals surface area contributed by atoms with E-state index in [0.29, 0.717) is 18.5 Å². The fourth-order valence-corrected chi connectivity index (χ4v) is 3.51. The maximum Gasteiger partial charge on any atom is 0.410 e. The fraction of sp³-hybridized carbons (Fsp3) is 0.238. The summed E-state index contributed by atoms with van der Waals surface area (Å²) in [5.74, 6) is -0.0309. The Hall–Kier alpha value is -3.08. The monoisotopic (exact) mass is 348 g/mol. The van der Waals surface area contributed by atoms with Crippen molar-refractivity contribution in [2.75, 3.05) is 6.54 Å². The number of carbonyl (C=O) groups is 2. The van der Waals surface area contributed by atoms with Gasteiger partial charge in [0.15, 0.2) is 5.78 Å². The lowest BCUT2D eigenvalue weighted by Gasteiger charge is -2.23. The van der Waals surface area contributed by atoms with E-state index in [1.54, 1.807) is 11.1 Å². The molecule has 2 aromatic carbocycles. The van der Waals surface area contributed by atoms with E-state index in [2.05, 4.69) is 4.98 Å². The first-order valence-corrected chi connectivity index (χ1v) is 8.81. The van der Waals surface area contributed by atoms with Gasteiger partial charge in [0.05, 0.1) is 6.04 Å². The molecule has 5 nitrogen and oxygen atoms in total. The highest BCUT2D eigenvalue weighted by atomic mass is 16.6. The minimum absolute atomic E-state index is 0.0309. The summed E-state index contributed by atoms with van der Waals surface area (Å²) in [6.07, 6.45) is 2.78. The van der Waals surface area contributed by atoms with Crippen LogP contribution >= 0.6 is 0 Å². The lowest BCUT2D eigenvalue weighted by Crippen LogP contribution is -2.40. The highest BCUT2D eigenvalue weighted by molar-refractivity contribution is 6.11. The van der Waals surface area contributed by atoms with Gasteiger partial charge in [-0.2, -0.15) is 0 Å². The number of hydrogen-bond acceptors (Lipinski definition) is 3. The van der Waals surface area contributed by atoms with Gasteiger partial charge < -0.3 is 9.72 Å². The van der Waals surface area contributed by atoms with Crippen molar-refractivity contribution >= 4 is 22.8 Å². The number of benzene rings is 2. The predicted octanol–water partition coefficient (Wildman–Crippen LogP) is 4.15. The van der Waals surface area contributed by atoms with Crippen LogP contribution in [0.15, 0.2) is 60.8 Å². The minimum Gasteiger partial charge on any atom is -0.445 e. The lowest BCUT2D eigenvalue weighted by molar-refractivity contribution is 0.0739. The Morgan fingerprint density at radius 1 is 1.08 bits per heavy atom. The van der Waals surface area contributed by atoms with Crippen LogP contribution in [0.3, 0.4) is 0 Å². The number of H-pyrrole nitrogens is 1. The first-order chi connectivity index (χ1) is 12.7. The van der Waals surface area contributed by atoms with Gasteiger partial charge in [-0.05, 0) is 24.5 Å². The number of ether oxygens (including phenoxy) is 1. The van der Waals surface area contributed by atoms with Crippen LogP contribution in [0.25, 0.3) is 10.9 Å². The van der Waals surface area contributed by atoms with Crippen LogP contribution in [0.5, 0.6) is 0 Å². The van der Waals surface area contributed by atoms with Crippen molar-refractivity contribution < 1.29 is 14.3 Å². The molecule has 1 aliphatic rings. The number of rotatable bonds is 4. The van der Waals surface area contributed by atoms with Crippen LogP contribution < -0.4 is 0 Å². The van der Waals surface area contributed by atoms with Crippen LogP contribution in [-0.2, 0) is 11.3 Å². The molecule has 132 valence electrons. The van der Waals surface area contributed by atoms with E-state index in [0.717, 1.165) is 22.9 Å². The SMILES string of the molecule is O=C(c1c[nH]c2ccccc12)C1CCCN1C(=O)OCc1ccccc1. The molecular formula is C21H20N2O3. The number of nitrogens with zero attached hydrogens (tertiary/aromatic N) is 1. The average Bonchev–Trinajstić information content (AvgIpc) is 3.33. The van der Waals surface area contributed by atoms with E-state index >= 15 is 0 Å². The Morgan fingerprint density at radius 2 is 1.85 bits per heavy atom. The second-order valence-corrected chi connectivity index (χ2v) is 6.50. The molecule has 0 aliphatic carbocycles. The normalized spacial score (nSPS) is 16.8. The summed E-state index contributed by atoms with van der Waals surface area (Å²) in [4.78, 5) is 30.2. The minimum atomic E-state index is -0.461. The molecule has 1 amide bonds. The molecule has 1 aliphatic heterocycles. The van der Waals surface area contributed by atoms with E-state index in [9.17, 15) is 9.59 Å². The number of Topliss-reactive ketones (excluding diaryl/α,β-unsaturated/α-hetero) is 1. The molecule has 0 saturated carbocycles. The number of nitrogens with one attached hydrogen (secondary N) is 1. The molecular weight excluding hydrogens is 328 g/mol. The number of aromatic nitrogens is 1. The van der Waals surface area contributed by atoms with Crippen LogP contribution in [0.4, 0.5) is 4.79 Å². The Kier molecular flexibility index (Phi) is 4.44. The number of ketones is 1. The van der Waals surface area contributed by atoms with Crippen LogP contribution in [0, 0.1) is 0 Å². The first kappa shape index (κ1) is 16.4. The number of aromatic amines is 1. The molecule has 3 aromatic rings. The molecule has 1 N–H and O–H groups in total. The van der Waals surface area contributed by atoms with Crippen molar-refractivity contribution in [2.24, 2.45) is 0 Å². The smallest absolute Gasteiger partial charge is 0.410 e. The number of para-hydroxylation sites is 1. The topological polar surface area (TPSA) is 62.4 Å². The van der Waals surface area contributed by atoms with Gasteiger partial charge in [0.1, 0.15) is 6.61 Å². The van der Waals surface area contributed by atoms with Crippen LogP contribution in [0.2, 0.25) is 0 Å². The molecule has 1 aromatic heterocycles. The largest absolute Gasteiger partial charge is 0.445 e. The molecule has 1 unspecified atom stereocenters. The van der Waals surface area contributed by atoms with Crippen molar-refractivity contribution in [3.8, 4) is 0 Å². The summed E-state index contributed by atoms with van der Waals surface area (Å²) in [7, 11) is 0. The van der Waals surface area contributed by atoms with Gasteiger partial charge in [0.2, 0.25) is 0 Å². The van der Waals surface area contributed by atoms with Gasteiger partial charge in [-0.3, -0.25) is 9.69 Å². The van der Waals surface area contributed by atoms with Gasteiger partial charge in [0.25, 0.3) is 0 Å². The summed E-state index contributed by atoms with van der Waals surface area (Å²) in [6.45, 7) is 0.760. The zero-order valence-corrected chi connectivity index (χ0v) is 14.4. The Morgan fingerprint density at radius 3 is 2.69 bits per heavy atom. The molecule has 1 fully saturated rings. The van der Waals surface area contributed by atoms with Crippen molar-refractivity contribution in [3.05, 3.63) is 71.9 Å². The van der Waals surface area contributed by atoms with Crippen LogP contribution in [-0.4, -0.2) is 34.3 Å². The van der Waals surface area contributed by atoms with Gasteiger partial charge >= 0.3 is 6.09 Å². The Labute approximate surface area is 151 Å². The van der Waals surface area contributed by atoms with E-state index in [-0.39, 0.29) is 12.4 Å². The molecule has 4 rings (SSSR count). The molecule has 2 heterocycles. The third-order valence-corrected chi connectivity index (χ3v) is 4.85. The van der Waals surface area contributed by atoms with Crippen LogP contribution in [0.1, 0.15) is 28.8 Å². The van der Waals surface area contributed by atoms with Crippen molar-refractivity contribution in [1.82, 2.24) is 9.88 Å². The van der Waals surface area contributed by atoms with Gasteiger partial charge in [-0.15, -0.1) is 0 Å². The van der Waals surface area contributed by atoms with Crippen molar-refractivity contribution in [1.29, 1.82) is 0 Å². The zero-order chi connectivity index (χ0) is 17.9. The average molecular weight is 348 g/mol. The fourth-order valence-electron chi connectivity index (χ4n) is 3.51. The summed E-state index contributed by atoms with van der Waals surface area (Å²) >= 11 is 0. The third-order valence-electron chi connectivity index (χ3n) is 4.85. The quantitative estimate of drug-likeness (QED) is 0.721. The second-order valence-electron chi connectivity index (χ2n) is 6.50. The number of hydrogen-bond donors (Lipinski definition) is 1. The predicted molar refractivity (Wildman–Crippen MR) is 99.0 cm³/mol. The van der Waals surface area contributed by atoms with E-state index in [4.69, 9.17) is 4.74 Å². The molecule has 0 spiro atoms. The summed E-state index contributed by atoms with van der Waals surface area (Å²) in [5.41, 5.74) is 2.49. The number of fused-ring (bicyclic) bond motifs is 1. The summed E-state index contributed by atoms with van der Waals surface area (Å²) in [5, 5.41) is 0.891. The molecule has 1 atom stereocenters. The van der Waals surface area contributed by atoms with Crippen molar-refractivity contribution in [3.63, 3.8) is 0 Å². The molecule has 26 heavy (non-hydrogen) atoms. The molecule has 1 saturated heterocycles. The Balaban J connectivity index is 1.49.